The summed E-state index contributed by atoms with van der Waals surface area (Å²) in [7, 11) is -2.34. The standard InChI is InChI=1S/C14H21ClN2O2/c1-18-10-3-2-4-14(17-19-11-9-16)12-5-7-13(15)8-6-12/h5-8H,2-4,9-11,16H2,1H3/b17-14-/i1D3. The van der Waals surface area contributed by atoms with Crippen LogP contribution < -0.4 is 5.73 Å². The third-order valence-corrected chi connectivity index (χ3v) is 2.72. The van der Waals surface area contributed by atoms with Crippen molar-refractivity contribution in [2.75, 3.05) is 26.8 Å². The van der Waals surface area contributed by atoms with Gasteiger partial charge in [-0.2, -0.15) is 0 Å². The van der Waals surface area contributed by atoms with Gasteiger partial charge in [-0.15, -0.1) is 0 Å². The Morgan fingerprint density at radius 3 is 2.79 bits per heavy atom. The monoisotopic (exact) mass is 287 g/mol. The third-order valence-electron chi connectivity index (χ3n) is 2.47. The molecule has 0 unspecified atom stereocenters. The molecule has 19 heavy (non-hydrogen) atoms. The van der Waals surface area contributed by atoms with Crippen LogP contribution in [-0.2, 0) is 9.57 Å². The second-order valence-electron chi connectivity index (χ2n) is 3.97. The molecule has 2 N–H and O–H groups in total. The molecule has 1 rings (SSSR count). The Hall–Kier alpha value is -1.10. The first kappa shape index (κ1) is 11.7. The molecule has 106 valence electrons. The summed E-state index contributed by atoms with van der Waals surface area (Å²) in [5.74, 6) is 0. The molecule has 0 aliphatic carbocycles. The summed E-state index contributed by atoms with van der Waals surface area (Å²) in [5, 5.41) is 4.75. The number of rotatable bonds is 9. The lowest BCUT2D eigenvalue weighted by Crippen LogP contribution is -2.08. The lowest BCUT2D eigenvalue weighted by Gasteiger charge is -2.07. The van der Waals surface area contributed by atoms with Gasteiger partial charge in [0.25, 0.3) is 0 Å². The highest BCUT2D eigenvalue weighted by atomic mass is 35.5. The maximum Gasteiger partial charge on any atom is 0.129 e. The Bertz CT molecular complexity index is 464. The van der Waals surface area contributed by atoms with E-state index in [1.807, 2.05) is 12.1 Å². The molecular weight excluding hydrogens is 264 g/mol. The van der Waals surface area contributed by atoms with Crippen LogP contribution in [0.25, 0.3) is 0 Å². The van der Waals surface area contributed by atoms with Gasteiger partial charge in [0.2, 0.25) is 0 Å². The summed E-state index contributed by atoms with van der Waals surface area (Å²) < 4.78 is 25.6. The van der Waals surface area contributed by atoms with Gasteiger partial charge in [0.15, 0.2) is 0 Å². The van der Waals surface area contributed by atoms with Crippen LogP contribution in [0.5, 0.6) is 0 Å². The highest BCUT2D eigenvalue weighted by Gasteiger charge is 2.05. The van der Waals surface area contributed by atoms with Gasteiger partial charge in [-0.1, -0.05) is 28.9 Å². The number of halogens is 1. The summed E-state index contributed by atoms with van der Waals surface area (Å²) in [6.45, 7) is 0.928. The van der Waals surface area contributed by atoms with Gasteiger partial charge in [0.05, 0.1) is 9.82 Å². The van der Waals surface area contributed by atoms with Crippen molar-refractivity contribution in [1.82, 2.24) is 0 Å². The summed E-state index contributed by atoms with van der Waals surface area (Å²) in [6, 6.07) is 7.30. The first-order valence-corrected chi connectivity index (χ1v) is 6.59. The molecule has 0 saturated carbocycles. The Morgan fingerprint density at radius 2 is 2.11 bits per heavy atom. The van der Waals surface area contributed by atoms with Crippen molar-refractivity contribution in [3.8, 4) is 0 Å². The Labute approximate surface area is 123 Å². The number of oxime groups is 1. The van der Waals surface area contributed by atoms with Gasteiger partial charge in [0, 0.05) is 25.2 Å². The second-order valence-corrected chi connectivity index (χ2v) is 4.41. The van der Waals surface area contributed by atoms with Crippen molar-refractivity contribution in [3.05, 3.63) is 34.9 Å². The van der Waals surface area contributed by atoms with Crippen molar-refractivity contribution in [3.63, 3.8) is 0 Å². The molecule has 5 heteroatoms. The molecule has 4 nitrogen and oxygen atoms in total. The molecule has 0 radical (unpaired) electrons. The number of benzene rings is 1. The van der Waals surface area contributed by atoms with Gasteiger partial charge in [0.1, 0.15) is 6.61 Å². The minimum atomic E-state index is -2.34. The van der Waals surface area contributed by atoms with Crippen molar-refractivity contribution in [2.45, 2.75) is 19.3 Å². The van der Waals surface area contributed by atoms with Crippen LogP contribution in [0, 0.1) is 0 Å². The minimum absolute atomic E-state index is 0.189. The summed E-state index contributed by atoms with van der Waals surface area (Å²) in [4.78, 5) is 5.15. The van der Waals surface area contributed by atoms with Gasteiger partial charge in [-0.05, 0) is 37.0 Å². The smallest absolute Gasteiger partial charge is 0.129 e. The number of ether oxygens (including phenoxy) is 1. The van der Waals surface area contributed by atoms with E-state index in [1.165, 1.54) is 0 Å². The van der Waals surface area contributed by atoms with Gasteiger partial charge in [-0.3, -0.25) is 0 Å². The molecule has 0 saturated heterocycles. The van der Waals surface area contributed by atoms with E-state index in [2.05, 4.69) is 5.16 Å². The van der Waals surface area contributed by atoms with Crippen LogP contribution in [0.2, 0.25) is 5.02 Å². The SMILES string of the molecule is [2H]C([2H])([2H])OCCCC/C(=N/OCCN)c1ccc(Cl)cc1. The average molecular weight is 288 g/mol. The van der Waals surface area contributed by atoms with Crippen LogP contribution in [-0.4, -0.2) is 32.5 Å². The van der Waals surface area contributed by atoms with Crippen LogP contribution in [0.3, 0.4) is 0 Å². The highest BCUT2D eigenvalue weighted by molar-refractivity contribution is 6.30. The highest BCUT2D eigenvalue weighted by Crippen LogP contribution is 2.13. The van der Waals surface area contributed by atoms with E-state index in [9.17, 15) is 0 Å². The number of unbranched alkanes of at least 4 members (excludes halogenated alkanes) is 1. The van der Waals surface area contributed by atoms with Crippen molar-refractivity contribution < 1.29 is 13.7 Å². The second kappa shape index (κ2) is 9.78. The molecule has 1 aromatic rings. The number of nitrogens with two attached hydrogens (primary N) is 1. The number of hydrogen-bond donors (Lipinski definition) is 1. The van der Waals surface area contributed by atoms with Crippen molar-refractivity contribution in [2.24, 2.45) is 10.9 Å². The average Bonchev–Trinajstić information content (AvgIpc) is 2.45. The molecule has 0 aliphatic heterocycles. The van der Waals surface area contributed by atoms with Crippen LogP contribution in [0.4, 0.5) is 0 Å². The van der Waals surface area contributed by atoms with Crippen molar-refractivity contribution >= 4 is 17.3 Å². The molecule has 0 spiro atoms. The van der Waals surface area contributed by atoms with E-state index in [1.54, 1.807) is 12.1 Å². The maximum atomic E-state index is 6.96. The number of hydrogen-bond acceptors (Lipinski definition) is 4. The van der Waals surface area contributed by atoms with Crippen LogP contribution >= 0.6 is 11.6 Å². The zero-order valence-electron chi connectivity index (χ0n) is 13.8. The molecule has 0 fully saturated rings. The predicted octanol–water partition coefficient (Wildman–Crippen LogP) is 2.84. The van der Waals surface area contributed by atoms with Gasteiger partial charge < -0.3 is 15.3 Å². The van der Waals surface area contributed by atoms with Crippen molar-refractivity contribution in [1.29, 1.82) is 0 Å². The number of methoxy groups -OCH3 is 1. The summed E-state index contributed by atoms with van der Waals surface area (Å²) in [6.07, 6.45) is 2.02. The molecule has 0 aromatic heterocycles. The third kappa shape index (κ3) is 6.57. The summed E-state index contributed by atoms with van der Waals surface area (Å²) >= 11 is 5.87. The maximum absolute atomic E-state index is 6.96. The fraction of sp³-hybridized carbons (Fsp3) is 0.500. The largest absolute Gasteiger partial charge is 0.394 e. The quantitative estimate of drug-likeness (QED) is 0.432. The molecule has 0 aliphatic rings. The number of nitrogens with zero attached hydrogens (tertiary/aromatic N) is 1. The van der Waals surface area contributed by atoms with Crippen LogP contribution in [0.15, 0.2) is 29.4 Å². The lowest BCUT2D eigenvalue weighted by atomic mass is 10.1. The predicted molar refractivity (Wildman–Crippen MR) is 78.7 cm³/mol. The molecular formula is C14H21ClN2O2. The fourth-order valence-corrected chi connectivity index (χ4v) is 1.65. The molecule has 0 bridgehead atoms. The van der Waals surface area contributed by atoms with E-state index >= 15 is 0 Å². The van der Waals surface area contributed by atoms with E-state index in [4.69, 9.17) is 31.0 Å². The molecule has 0 heterocycles. The normalized spacial score (nSPS) is 14.6. The van der Waals surface area contributed by atoms with Gasteiger partial charge >= 0.3 is 0 Å². The molecule has 1 aromatic carbocycles. The first-order valence-electron chi connectivity index (χ1n) is 7.71. The topological polar surface area (TPSA) is 56.8 Å². The molecule has 0 atom stereocenters. The Kier molecular flexibility index (Phi) is 6.03. The zero-order valence-corrected chi connectivity index (χ0v) is 11.5. The summed E-state index contributed by atoms with van der Waals surface area (Å²) in [5.41, 5.74) is 7.06. The van der Waals surface area contributed by atoms with E-state index < -0.39 is 7.04 Å². The molecule has 0 amide bonds. The van der Waals surface area contributed by atoms with E-state index in [0.29, 0.717) is 31.0 Å². The van der Waals surface area contributed by atoms with Gasteiger partial charge in [-0.25, -0.2) is 0 Å². The van der Waals surface area contributed by atoms with E-state index in [0.717, 1.165) is 17.7 Å². The minimum Gasteiger partial charge on any atom is -0.394 e. The zero-order chi connectivity index (χ0) is 16.4. The first-order chi connectivity index (χ1) is 10.4. The fourth-order valence-electron chi connectivity index (χ4n) is 1.53. The van der Waals surface area contributed by atoms with E-state index in [-0.39, 0.29) is 6.61 Å². The Balaban J connectivity index is 2.52. The lowest BCUT2D eigenvalue weighted by molar-refractivity contribution is 0.151. The van der Waals surface area contributed by atoms with Crippen LogP contribution in [0.1, 0.15) is 28.9 Å². The Morgan fingerprint density at radius 1 is 1.32 bits per heavy atom.